The Kier molecular flexibility index (Phi) is 8.99. The first-order valence-corrected chi connectivity index (χ1v) is 25.6. The van der Waals surface area contributed by atoms with E-state index in [4.69, 9.17) is 15.0 Å². The van der Waals surface area contributed by atoms with Gasteiger partial charge in [-0.2, -0.15) is 0 Å². The van der Waals surface area contributed by atoms with Crippen LogP contribution in [-0.4, -0.2) is 19.5 Å². The van der Waals surface area contributed by atoms with Crippen molar-refractivity contribution >= 4 is 49.6 Å². The molecule has 4 atom stereocenters. The van der Waals surface area contributed by atoms with Gasteiger partial charge in [-0.25, -0.2) is 15.0 Å². The molecule has 2 aromatic heterocycles. The summed E-state index contributed by atoms with van der Waals surface area (Å²) in [5, 5.41) is 5.08. The van der Waals surface area contributed by atoms with Crippen LogP contribution in [0.2, 0.25) is 0 Å². The highest BCUT2D eigenvalue weighted by Gasteiger charge is 2.83. The predicted molar refractivity (Wildman–Crippen MR) is 290 cm³/mol. The third kappa shape index (κ3) is 6.35. The predicted octanol–water partition coefficient (Wildman–Crippen LogP) is 16.6. The number of aromatic nitrogens is 4. The van der Waals surface area contributed by atoms with Crippen molar-refractivity contribution in [1.29, 1.82) is 0 Å². The summed E-state index contributed by atoms with van der Waals surface area (Å²) < 4.78 is 2.40. The van der Waals surface area contributed by atoms with Crippen LogP contribution in [0, 0.1) is 22.7 Å². The van der Waals surface area contributed by atoms with E-state index in [1.54, 1.807) is 0 Å². The lowest BCUT2D eigenvalue weighted by atomic mass is 9.46. The molecule has 9 aromatic carbocycles. The van der Waals surface area contributed by atoms with Gasteiger partial charge in [0.2, 0.25) is 0 Å². The van der Waals surface area contributed by atoms with Gasteiger partial charge in [0.05, 0.1) is 11.0 Å². The summed E-state index contributed by atoms with van der Waals surface area (Å²) >= 11 is 0. The number of para-hydroxylation sites is 3. The molecule has 0 saturated heterocycles. The fourth-order valence-corrected chi connectivity index (χ4v) is 13.9. The molecule has 11 aromatic rings. The highest BCUT2D eigenvalue weighted by Crippen LogP contribution is 2.91. The van der Waals surface area contributed by atoms with Gasteiger partial charge in [-0.05, 0) is 167 Å². The number of anilines is 3. The van der Waals surface area contributed by atoms with Gasteiger partial charge in [-0.1, -0.05) is 146 Å². The maximum atomic E-state index is 5.35. The topological polar surface area (TPSA) is 46.8 Å². The fourth-order valence-electron chi connectivity index (χ4n) is 13.9. The van der Waals surface area contributed by atoms with Crippen LogP contribution >= 0.6 is 0 Å². The lowest BCUT2D eigenvalue weighted by Gasteiger charge is -2.58. The third-order valence-corrected chi connectivity index (χ3v) is 17.4. The lowest BCUT2D eigenvalue weighted by molar-refractivity contribution is -0.0964. The van der Waals surface area contributed by atoms with E-state index in [1.165, 1.54) is 92.9 Å². The van der Waals surface area contributed by atoms with E-state index >= 15 is 0 Å². The molecule has 4 heterocycles. The molecular formula is C66H51N5. The minimum Gasteiger partial charge on any atom is -0.310 e. The molecule has 5 aliphatic rings. The second-order valence-electron chi connectivity index (χ2n) is 20.9. The average Bonchev–Trinajstić information content (AvgIpc) is 3.88. The van der Waals surface area contributed by atoms with E-state index in [0.29, 0.717) is 28.3 Å². The molecule has 3 fully saturated rings. The zero-order valence-corrected chi connectivity index (χ0v) is 39.5. The maximum absolute atomic E-state index is 5.35. The van der Waals surface area contributed by atoms with Crippen LogP contribution in [0.4, 0.5) is 17.1 Å². The van der Waals surface area contributed by atoms with Crippen LogP contribution in [0.3, 0.4) is 0 Å². The van der Waals surface area contributed by atoms with E-state index in [1.807, 2.05) is 6.07 Å². The molecule has 1 unspecified atom stereocenters. The molecule has 0 amide bonds. The molecule has 340 valence electrons. The van der Waals surface area contributed by atoms with Crippen molar-refractivity contribution in [3.05, 3.63) is 223 Å². The quantitative estimate of drug-likeness (QED) is 0.167. The van der Waals surface area contributed by atoms with Crippen LogP contribution in [-0.2, 0) is 12.8 Å². The summed E-state index contributed by atoms with van der Waals surface area (Å²) in [7, 11) is 0. The van der Waals surface area contributed by atoms with Gasteiger partial charge in [0, 0.05) is 50.2 Å². The molecule has 2 aliphatic heterocycles. The van der Waals surface area contributed by atoms with Crippen LogP contribution in [0.25, 0.3) is 83.6 Å². The van der Waals surface area contributed by atoms with Crippen molar-refractivity contribution in [1.82, 2.24) is 19.5 Å². The van der Waals surface area contributed by atoms with Crippen molar-refractivity contribution in [2.24, 2.45) is 22.7 Å². The smallest absolute Gasteiger partial charge is 0.164 e. The lowest BCUT2D eigenvalue weighted by Crippen LogP contribution is -2.51. The normalized spacial score (nSPS) is 20.9. The zero-order chi connectivity index (χ0) is 46.7. The molecule has 3 saturated carbocycles. The van der Waals surface area contributed by atoms with E-state index in [2.05, 4.69) is 216 Å². The largest absolute Gasteiger partial charge is 0.310 e. The fraction of sp³-hybridized carbons (Fsp3) is 0.167. The zero-order valence-electron chi connectivity index (χ0n) is 39.5. The Morgan fingerprint density at radius 1 is 0.437 bits per heavy atom. The molecule has 71 heavy (non-hydrogen) atoms. The number of nitrogens with zero attached hydrogens (tertiary/aromatic N) is 5. The Morgan fingerprint density at radius 3 is 1.92 bits per heavy atom. The summed E-state index contributed by atoms with van der Waals surface area (Å²) in [6, 6.07) is 77.1. The molecule has 4 bridgehead atoms. The van der Waals surface area contributed by atoms with E-state index < -0.39 is 0 Å². The van der Waals surface area contributed by atoms with Crippen LogP contribution in [0.15, 0.2) is 212 Å². The molecule has 0 radical (unpaired) electrons. The van der Waals surface area contributed by atoms with Gasteiger partial charge in [0.25, 0.3) is 0 Å². The van der Waals surface area contributed by atoms with Crippen molar-refractivity contribution in [3.8, 4) is 51.0 Å². The van der Waals surface area contributed by atoms with Gasteiger partial charge >= 0.3 is 0 Å². The third-order valence-electron chi connectivity index (χ3n) is 17.4. The monoisotopic (exact) mass is 913 g/mol. The van der Waals surface area contributed by atoms with E-state index in [9.17, 15) is 0 Å². The van der Waals surface area contributed by atoms with E-state index in [0.717, 1.165) is 58.2 Å². The molecule has 16 rings (SSSR count). The first kappa shape index (κ1) is 40.7. The molecule has 5 heteroatoms. The molecule has 5 nitrogen and oxygen atoms in total. The van der Waals surface area contributed by atoms with Crippen LogP contribution in [0.5, 0.6) is 0 Å². The van der Waals surface area contributed by atoms with Gasteiger partial charge in [0.15, 0.2) is 17.5 Å². The minimum absolute atomic E-state index is 0.592. The number of hydrogen-bond acceptors (Lipinski definition) is 4. The summed E-state index contributed by atoms with van der Waals surface area (Å²) in [6.07, 6.45) is 8.95. The average molecular weight is 914 g/mol. The first-order valence-electron chi connectivity index (χ1n) is 25.6. The Balaban J connectivity index is 0.823. The molecule has 0 N–H and O–H groups in total. The van der Waals surface area contributed by atoms with Crippen molar-refractivity contribution in [2.75, 3.05) is 4.90 Å². The molecular weight excluding hydrogens is 863 g/mol. The summed E-state index contributed by atoms with van der Waals surface area (Å²) in [6.45, 7) is 0. The van der Waals surface area contributed by atoms with E-state index in [-0.39, 0.29) is 0 Å². The highest BCUT2D eigenvalue weighted by molar-refractivity contribution is 6.21. The van der Waals surface area contributed by atoms with Crippen molar-refractivity contribution in [2.45, 2.75) is 44.9 Å². The summed E-state index contributed by atoms with van der Waals surface area (Å²) in [5.41, 5.74) is 16.4. The Bertz CT molecular complexity index is 3900. The SMILES string of the molecule is c1ccc(-c2nc(-c3cccc(-c4ccc(-n5c6ccccc6c6c7ccccc7ccc65)cc4)c3)nc(-c3ccc4c(c3)CC[C@@H]3CC56C[C@@]5(CCc5ccccc5N4c4ccccc4)C[C@@H]36)n2)cc1. The maximum Gasteiger partial charge on any atom is 0.164 e. The number of benzene rings is 9. The first-order chi connectivity index (χ1) is 35.1. The standard InChI is InChI=1S/C66H51N5/c1-3-16-46(17-4-1)62-67-63(49-19-13-18-47(38-49)43-28-32-53(33-29-43)71-59-25-12-10-23-55(59)61-54-22-9-7-14-44(54)30-35-60(61)71)69-64(68-62)50-31-34-58-48(39-50)26-27-51-40-66-42-65(66,41-56(51)66)37-36-45-15-8-11-24-57(45)70(58)52-20-5-2-6-21-52/h1-25,28-35,38-39,51,56H,26-27,36-37,40-42H2/t51-,56+,65-,66?/m1/s1. The molecule has 3 aliphatic carbocycles. The van der Waals surface area contributed by atoms with Crippen LogP contribution in [0.1, 0.15) is 43.2 Å². The van der Waals surface area contributed by atoms with Gasteiger partial charge < -0.3 is 9.47 Å². The van der Waals surface area contributed by atoms with Gasteiger partial charge in [-0.3, -0.25) is 0 Å². The number of fused-ring (bicyclic) bond motifs is 7. The Labute approximate surface area is 414 Å². The minimum atomic E-state index is 0.592. The number of aryl methyl sites for hydroxylation is 2. The summed E-state index contributed by atoms with van der Waals surface area (Å²) in [5.74, 6) is 3.73. The highest BCUT2D eigenvalue weighted by atomic mass is 15.1. The van der Waals surface area contributed by atoms with Crippen molar-refractivity contribution < 1.29 is 0 Å². The number of hydrogen-bond donors (Lipinski definition) is 0. The Hall–Kier alpha value is -8.15. The molecule has 2 spiro atoms. The summed E-state index contributed by atoms with van der Waals surface area (Å²) in [4.78, 5) is 18.4. The van der Waals surface area contributed by atoms with Crippen molar-refractivity contribution in [3.63, 3.8) is 0 Å². The van der Waals surface area contributed by atoms with Crippen LogP contribution < -0.4 is 4.90 Å². The van der Waals surface area contributed by atoms with Gasteiger partial charge in [0.1, 0.15) is 0 Å². The second kappa shape index (κ2) is 15.7. The second-order valence-corrected chi connectivity index (χ2v) is 20.9. The number of rotatable bonds is 6. The Morgan fingerprint density at radius 2 is 1.10 bits per heavy atom. The van der Waals surface area contributed by atoms with Gasteiger partial charge in [-0.15, -0.1) is 0 Å².